The molecule has 0 spiro atoms. The molecule has 0 saturated carbocycles. The van der Waals surface area contributed by atoms with Crippen molar-refractivity contribution in [1.29, 1.82) is 0 Å². The van der Waals surface area contributed by atoms with E-state index in [1.54, 1.807) is 0 Å². The summed E-state index contributed by atoms with van der Waals surface area (Å²) < 4.78 is 1.50. The molecule has 0 bridgehead atoms. The zero-order valence-electron chi connectivity index (χ0n) is 12.2. The Morgan fingerprint density at radius 1 is 1.19 bits per heavy atom. The van der Waals surface area contributed by atoms with Gasteiger partial charge in [0.25, 0.3) is 5.56 Å². The lowest BCUT2D eigenvalue weighted by atomic mass is 9.92. The standard InChI is InChI=1S/C14H16N6O/c1-14(2,3)10-6-9(18-19-10)7-20-8-17-12-11(13(20)21)15-4-5-16-12/h4-6,8H,7H2,1-3H3,(H,18,19). The lowest BCUT2D eigenvalue weighted by Gasteiger charge is -2.13. The summed E-state index contributed by atoms with van der Waals surface area (Å²) in [5, 5.41) is 7.25. The topological polar surface area (TPSA) is 89.4 Å². The zero-order chi connectivity index (χ0) is 15.0. The average Bonchev–Trinajstić information content (AvgIpc) is 2.91. The van der Waals surface area contributed by atoms with E-state index in [9.17, 15) is 4.79 Å². The number of rotatable bonds is 2. The Bertz CT molecular complexity index is 842. The highest BCUT2D eigenvalue weighted by atomic mass is 16.1. The molecule has 0 unspecified atom stereocenters. The van der Waals surface area contributed by atoms with Crippen molar-refractivity contribution in [3.05, 3.63) is 46.5 Å². The second-order valence-corrected chi connectivity index (χ2v) is 5.93. The molecule has 0 aliphatic rings. The highest BCUT2D eigenvalue weighted by Crippen LogP contribution is 2.20. The molecule has 7 nitrogen and oxygen atoms in total. The Kier molecular flexibility index (Phi) is 3.04. The van der Waals surface area contributed by atoms with Gasteiger partial charge < -0.3 is 0 Å². The fourth-order valence-corrected chi connectivity index (χ4v) is 2.01. The first-order valence-electron chi connectivity index (χ1n) is 6.66. The minimum Gasteiger partial charge on any atom is -0.291 e. The molecule has 0 atom stereocenters. The van der Waals surface area contributed by atoms with Crippen LogP contribution in [0.1, 0.15) is 32.2 Å². The zero-order valence-corrected chi connectivity index (χ0v) is 12.2. The van der Waals surface area contributed by atoms with Crippen molar-refractivity contribution in [2.75, 3.05) is 0 Å². The van der Waals surface area contributed by atoms with Crippen molar-refractivity contribution >= 4 is 11.2 Å². The quantitative estimate of drug-likeness (QED) is 0.765. The summed E-state index contributed by atoms with van der Waals surface area (Å²) in [6.07, 6.45) is 4.49. The van der Waals surface area contributed by atoms with E-state index in [4.69, 9.17) is 0 Å². The molecular weight excluding hydrogens is 268 g/mol. The van der Waals surface area contributed by atoms with Crippen molar-refractivity contribution in [2.45, 2.75) is 32.7 Å². The second kappa shape index (κ2) is 4.76. The SMILES string of the molecule is CC(C)(C)c1cc(Cn2cnc3nccnc3c2=O)[nH]n1. The van der Waals surface area contributed by atoms with E-state index in [1.807, 2.05) is 6.07 Å². The van der Waals surface area contributed by atoms with Gasteiger partial charge in [0.1, 0.15) is 6.33 Å². The number of aromatic nitrogens is 6. The molecule has 0 aliphatic carbocycles. The Labute approximate surface area is 121 Å². The third-order valence-electron chi connectivity index (χ3n) is 3.20. The van der Waals surface area contributed by atoms with Gasteiger partial charge in [-0.1, -0.05) is 20.8 Å². The molecule has 0 amide bonds. The monoisotopic (exact) mass is 284 g/mol. The van der Waals surface area contributed by atoms with E-state index in [1.165, 1.54) is 23.3 Å². The van der Waals surface area contributed by atoms with Crippen molar-refractivity contribution in [3.63, 3.8) is 0 Å². The van der Waals surface area contributed by atoms with E-state index >= 15 is 0 Å². The van der Waals surface area contributed by atoms with Crippen LogP contribution < -0.4 is 5.56 Å². The summed E-state index contributed by atoms with van der Waals surface area (Å²) in [7, 11) is 0. The molecule has 1 N–H and O–H groups in total. The van der Waals surface area contributed by atoms with Gasteiger partial charge in [0.2, 0.25) is 0 Å². The molecule has 7 heteroatoms. The van der Waals surface area contributed by atoms with Gasteiger partial charge in [0, 0.05) is 17.8 Å². The van der Waals surface area contributed by atoms with E-state index in [0.29, 0.717) is 12.2 Å². The second-order valence-electron chi connectivity index (χ2n) is 5.93. The number of fused-ring (bicyclic) bond motifs is 1. The predicted octanol–water partition coefficient (Wildman–Crippen LogP) is 1.26. The van der Waals surface area contributed by atoms with Crippen LogP contribution in [0.5, 0.6) is 0 Å². The molecular formula is C14H16N6O. The normalized spacial score (nSPS) is 12.0. The summed E-state index contributed by atoms with van der Waals surface area (Å²) in [5.74, 6) is 0. The van der Waals surface area contributed by atoms with Crippen LogP contribution in [-0.4, -0.2) is 29.7 Å². The van der Waals surface area contributed by atoms with Gasteiger partial charge in [-0.25, -0.2) is 15.0 Å². The minimum absolute atomic E-state index is 0.0349. The number of hydrogen-bond acceptors (Lipinski definition) is 5. The van der Waals surface area contributed by atoms with E-state index < -0.39 is 0 Å². The van der Waals surface area contributed by atoms with Gasteiger partial charge in [-0.05, 0) is 6.07 Å². The highest BCUT2D eigenvalue weighted by Gasteiger charge is 2.17. The first-order chi connectivity index (χ1) is 9.95. The maximum absolute atomic E-state index is 12.3. The smallest absolute Gasteiger partial charge is 0.281 e. The Morgan fingerprint density at radius 2 is 1.95 bits per heavy atom. The summed E-state index contributed by atoms with van der Waals surface area (Å²) in [4.78, 5) is 24.5. The van der Waals surface area contributed by atoms with E-state index in [2.05, 4.69) is 45.9 Å². The first kappa shape index (κ1) is 13.4. The molecule has 108 valence electrons. The van der Waals surface area contributed by atoms with Crippen LogP contribution in [0.2, 0.25) is 0 Å². The third-order valence-corrected chi connectivity index (χ3v) is 3.20. The first-order valence-corrected chi connectivity index (χ1v) is 6.66. The molecule has 3 aromatic rings. The molecule has 0 aliphatic heterocycles. The molecule has 3 rings (SSSR count). The largest absolute Gasteiger partial charge is 0.291 e. The number of H-pyrrole nitrogens is 1. The lowest BCUT2D eigenvalue weighted by molar-refractivity contribution is 0.567. The fourth-order valence-electron chi connectivity index (χ4n) is 2.01. The Hall–Kier alpha value is -2.57. The van der Waals surface area contributed by atoms with Crippen LogP contribution in [0.25, 0.3) is 11.2 Å². The van der Waals surface area contributed by atoms with Crippen molar-refractivity contribution in [2.24, 2.45) is 0 Å². The summed E-state index contributed by atoms with van der Waals surface area (Å²) >= 11 is 0. The summed E-state index contributed by atoms with van der Waals surface area (Å²) in [6.45, 7) is 6.65. The van der Waals surface area contributed by atoms with Gasteiger partial charge in [-0.15, -0.1) is 0 Å². The van der Waals surface area contributed by atoms with Crippen LogP contribution in [0.15, 0.2) is 29.6 Å². The minimum atomic E-state index is -0.208. The highest BCUT2D eigenvalue weighted by molar-refractivity contribution is 5.66. The van der Waals surface area contributed by atoms with Crippen molar-refractivity contribution in [3.8, 4) is 0 Å². The number of aromatic amines is 1. The summed E-state index contributed by atoms with van der Waals surface area (Å²) in [5.41, 5.74) is 2.20. The third kappa shape index (κ3) is 2.54. The summed E-state index contributed by atoms with van der Waals surface area (Å²) in [6, 6.07) is 1.97. The Balaban J connectivity index is 1.97. The maximum Gasteiger partial charge on any atom is 0.281 e. The van der Waals surface area contributed by atoms with Crippen molar-refractivity contribution < 1.29 is 0 Å². The van der Waals surface area contributed by atoms with Gasteiger partial charge >= 0.3 is 0 Å². The molecule has 21 heavy (non-hydrogen) atoms. The van der Waals surface area contributed by atoms with Crippen LogP contribution in [0.4, 0.5) is 0 Å². The van der Waals surface area contributed by atoms with Gasteiger partial charge in [-0.3, -0.25) is 14.5 Å². The lowest BCUT2D eigenvalue weighted by Crippen LogP contribution is -2.22. The van der Waals surface area contributed by atoms with Gasteiger partial charge in [0.05, 0.1) is 17.9 Å². The molecule has 0 aromatic carbocycles. The molecule has 0 saturated heterocycles. The number of hydrogen-bond donors (Lipinski definition) is 1. The van der Waals surface area contributed by atoms with Gasteiger partial charge in [0.15, 0.2) is 11.2 Å². The van der Waals surface area contributed by atoms with Crippen LogP contribution in [-0.2, 0) is 12.0 Å². The molecule has 3 heterocycles. The maximum atomic E-state index is 12.3. The Morgan fingerprint density at radius 3 is 2.67 bits per heavy atom. The van der Waals surface area contributed by atoms with E-state index in [-0.39, 0.29) is 16.5 Å². The number of nitrogens with one attached hydrogen (secondary N) is 1. The molecule has 0 fully saturated rings. The van der Waals surface area contributed by atoms with Crippen LogP contribution in [0, 0.1) is 0 Å². The average molecular weight is 284 g/mol. The van der Waals surface area contributed by atoms with Crippen LogP contribution in [0.3, 0.4) is 0 Å². The van der Waals surface area contributed by atoms with Gasteiger partial charge in [-0.2, -0.15) is 5.10 Å². The predicted molar refractivity (Wildman–Crippen MR) is 78.0 cm³/mol. The van der Waals surface area contributed by atoms with Crippen LogP contribution >= 0.6 is 0 Å². The van der Waals surface area contributed by atoms with Crippen molar-refractivity contribution in [1.82, 2.24) is 29.7 Å². The fraction of sp³-hybridized carbons (Fsp3) is 0.357. The van der Waals surface area contributed by atoms with E-state index in [0.717, 1.165) is 11.4 Å². The number of nitrogens with zero attached hydrogens (tertiary/aromatic N) is 5. The molecule has 0 radical (unpaired) electrons. The molecule has 3 aromatic heterocycles.